The van der Waals surface area contributed by atoms with Gasteiger partial charge in [0, 0.05) is 17.4 Å². The lowest BCUT2D eigenvalue weighted by molar-refractivity contribution is 0.333. The highest BCUT2D eigenvalue weighted by molar-refractivity contribution is 8.01. The van der Waals surface area contributed by atoms with Gasteiger partial charge in [0.05, 0.1) is 6.61 Å². The van der Waals surface area contributed by atoms with Crippen LogP contribution in [0.5, 0.6) is 5.75 Å². The zero-order valence-corrected chi connectivity index (χ0v) is 13.3. The van der Waals surface area contributed by atoms with Crippen molar-refractivity contribution in [1.82, 2.24) is 15.5 Å². The summed E-state index contributed by atoms with van der Waals surface area (Å²) in [6.45, 7) is 5.72. The second kappa shape index (κ2) is 8.24. The van der Waals surface area contributed by atoms with Gasteiger partial charge in [0.1, 0.15) is 11.3 Å². The Morgan fingerprint density at radius 2 is 2.20 bits per heavy atom. The molecule has 0 saturated carbocycles. The summed E-state index contributed by atoms with van der Waals surface area (Å²) in [6, 6.07) is 8.46. The summed E-state index contributed by atoms with van der Waals surface area (Å²) in [5, 5.41) is 11.5. The van der Waals surface area contributed by atoms with Gasteiger partial charge in [-0.05, 0) is 19.5 Å². The Labute approximate surface area is 128 Å². The van der Waals surface area contributed by atoms with E-state index in [1.165, 1.54) is 5.56 Å². The zero-order chi connectivity index (χ0) is 14.2. The average Bonchev–Trinajstić information content (AvgIpc) is 2.98. The molecule has 2 aromatic rings. The van der Waals surface area contributed by atoms with Crippen molar-refractivity contribution in [2.45, 2.75) is 24.2 Å². The number of benzene rings is 1. The molecule has 0 fully saturated rings. The highest BCUT2D eigenvalue weighted by Crippen LogP contribution is 2.30. The van der Waals surface area contributed by atoms with Crippen LogP contribution in [0.2, 0.25) is 0 Å². The Balaban J connectivity index is 2.10. The van der Waals surface area contributed by atoms with Crippen LogP contribution in [0.4, 0.5) is 0 Å². The summed E-state index contributed by atoms with van der Waals surface area (Å²) < 4.78 is 6.73. The van der Waals surface area contributed by atoms with Crippen molar-refractivity contribution in [3.8, 4) is 5.75 Å². The van der Waals surface area contributed by atoms with Gasteiger partial charge in [-0.2, -0.15) is 0 Å². The number of aromatic nitrogens is 2. The van der Waals surface area contributed by atoms with Crippen LogP contribution in [-0.4, -0.2) is 29.1 Å². The summed E-state index contributed by atoms with van der Waals surface area (Å²) in [4.78, 5) is 0. The molecule has 1 aromatic carbocycles. The number of nitrogens with zero attached hydrogens (tertiary/aromatic N) is 2. The van der Waals surface area contributed by atoms with Gasteiger partial charge in [-0.3, -0.25) is 0 Å². The number of hydrogen-bond donors (Lipinski definition) is 1. The molecule has 1 N–H and O–H groups in total. The largest absolute Gasteiger partial charge is 0.494 e. The highest BCUT2D eigenvalue weighted by Gasteiger charge is 2.16. The van der Waals surface area contributed by atoms with Crippen LogP contribution in [-0.2, 0) is 0 Å². The van der Waals surface area contributed by atoms with E-state index >= 15 is 0 Å². The molecule has 0 aliphatic heterocycles. The Hall–Kier alpha value is -1.11. The maximum atomic E-state index is 5.73. The van der Waals surface area contributed by atoms with E-state index in [1.54, 1.807) is 28.6 Å². The van der Waals surface area contributed by atoms with E-state index in [1.807, 2.05) is 19.1 Å². The first-order valence-electron chi connectivity index (χ1n) is 6.69. The van der Waals surface area contributed by atoms with E-state index in [4.69, 9.17) is 4.74 Å². The standard InChI is InChI=1S/C14H19N3OS2/c1-3-15-12(9-19-14-17-16-10-20-14)11-7-5-6-8-13(11)18-4-2/h5-8,10,12,15H,3-4,9H2,1-2H3. The summed E-state index contributed by atoms with van der Waals surface area (Å²) in [5.74, 6) is 1.87. The summed E-state index contributed by atoms with van der Waals surface area (Å²) in [5.41, 5.74) is 2.96. The fourth-order valence-corrected chi connectivity index (χ4v) is 3.54. The Bertz CT molecular complexity index is 505. The second-order valence-corrected chi connectivity index (χ2v) is 6.20. The molecule has 0 bridgehead atoms. The fraction of sp³-hybridized carbons (Fsp3) is 0.429. The molecular formula is C14H19N3OS2. The molecule has 1 atom stereocenters. The third kappa shape index (κ3) is 4.19. The molecule has 20 heavy (non-hydrogen) atoms. The van der Waals surface area contributed by atoms with Crippen LogP contribution in [0.25, 0.3) is 0 Å². The van der Waals surface area contributed by atoms with Gasteiger partial charge in [-0.15, -0.1) is 10.2 Å². The minimum absolute atomic E-state index is 0.247. The molecule has 6 heteroatoms. The van der Waals surface area contributed by atoms with E-state index in [2.05, 4.69) is 34.6 Å². The van der Waals surface area contributed by atoms with Gasteiger partial charge in [0.15, 0.2) is 4.34 Å². The van der Waals surface area contributed by atoms with Gasteiger partial charge in [0.2, 0.25) is 0 Å². The summed E-state index contributed by atoms with van der Waals surface area (Å²) >= 11 is 3.30. The van der Waals surface area contributed by atoms with E-state index in [9.17, 15) is 0 Å². The van der Waals surface area contributed by atoms with Crippen molar-refractivity contribution in [1.29, 1.82) is 0 Å². The Kier molecular flexibility index (Phi) is 6.29. The van der Waals surface area contributed by atoms with Crippen LogP contribution < -0.4 is 10.1 Å². The lowest BCUT2D eigenvalue weighted by Crippen LogP contribution is -2.23. The van der Waals surface area contributed by atoms with Gasteiger partial charge in [-0.1, -0.05) is 48.2 Å². The first kappa shape index (κ1) is 15.3. The lowest BCUT2D eigenvalue weighted by atomic mass is 10.1. The molecular weight excluding hydrogens is 290 g/mol. The van der Waals surface area contributed by atoms with Crippen molar-refractivity contribution < 1.29 is 4.74 Å². The smallest absolute Gasteiger partial charge is 0.174 e. The summed E-state index contributed by atoms with van der Waals surface area (Å²) in [6.07, 6.45) is 0. The number of hydrogen-bond acceptors (Lipinski definition) is 6. The second-order valence-electron chi connectivity index (χ2n) is 4.10. The van der Waals surface area contributed by atoms with Crippen molar-refractivity contribution in [3.05, 3.63) is 35.3 Å². The molecule has 4 nitrogen and oxygen atoms in total. The van der Waals surface area contributed by atoms with E-state index in [-0.39, 0.29) is 6.04 Å². The molecule has 0 aliphatic rings. The van der Waals surface area contributed by atoms with Crippen molar-refractivity contribution in [2.75, 3.05) is 18.9 Å². The third-order valence-corrected chi connectivity index (χ3v) is 4.71. The van der Waals surface area contributed by atoms with E-state index in [0.717, 1.165) is 22.4 Å². The zero-order valence-electron chi connectivity index (χ0n) is 11.7. The van der Waals surface area contributed by atoms with Crippen LogP contribution in [0.1, 0.15) is 25.5 Å². The van der Waals surface area contributed by atoms with Crippen molar-refractivity contribution in [3.63, 3.8) is 0 Å². The molecule has 0 saturated heterocycles. The van der Waals surface area contributed by atoms with Crippen LogP contribution in [0.3, 0.4) is 0 Å². The SMILES string of the molecule is CCNC(CSc1nncs1)c1ccccc1OCC. The minimum Gasteiger partial charge on any atom is -0.494 e. The molecule has 0 radical (unpaired) electrons. The highest BCUT2D eigenvalue weighted by atomic mass is 32.2. The molecule has 2 rings (SSSR count). The molecule has 1 unspecified atom stereocenters. The maximum Gasteiger partial charge on any atom is 0.174 e. The minimum atomic E-state index is 0.247. The Morgan fingerprint density at radius 3 is 2.90 bits per heavy atom. The molecule has 1 heterocycles. The predicted octanol–water partition coefficient (Wildman–Crippen LogP) is 3.38. The summed E-state index contributed by atoms with van der Waals surface area (Å²) in [7, 11) is 0. The van der Waals surface area contributed by atoms with Crippen molar-refractivity contribution in [2.24, 2.45) is 0 Å². The van der Waals surface area contributed by atoms with Gasteiger partial charge >= 0.3 is 0 Å². The molecule has 0 aliphatic carbocycles. The lowest BCUT2D eigenvalue weighted by Gasteiger charge is -2.20. The number of rotatable bonds is 8. The number of nitrogens with one attached hydrogen (secondary N) is 1. The van der Waals surface area contributed by atoms with Crippen LogP contribution in [0.15, 0.2) is 34.1 Å². The monoisotopic (exact) mass is 309 g/mol. The van der Waals surface area contributed by atoms with Crippen LogP contribution in [0, 0.1) is 0 Å². The first-order chi connectivity index (χ1) is 9.85. The van der Waals surface area contributed by atoms with E-state index < -0.39 is 0 Å². The molecule has 1 aromatic heterocycles. The van der Waals surface area contributed by atoms with Crippen LogP contribution >= 0.6 is 23.1 Å². The van der Waals surface area contributed by atoms with E-state index in [0.29, 0.717) is 6.61 Å². The Morgan fingerprint density at radius 1 is 1.35 bits per heavy atom. The average molecular weight is 309 g/mol. The maximum absolute atomic E-state index is 5.73. The van der Waals surface area contributed by atoms with Gasteiger partial charge in [-0.25, -0.2) is 0 Å². The third-order valence-electron chi connectivity index (χ3n) is 2.76. The fourth-order valence-electron chi connectivity index (χ4n) is 1.94. The van der Waals surface area contributed by atoms with Crippen molar-refractivity contribution >= 4 is 23.1 Å². The van der Waals surface area contributed by atoms with Gasteiger partial charge < -0.3 is 10.1 Å². The first-order valence-corrected chi connectivity index (χ1v) is 8.55. The number of para-hydroxylation sites is 1. The molecule has 0 spiro atoms. The molecule has 108 valence electrons. The number of ether oxygens (including phenoxy) is 1. The van der Waals surface area contributed by atoms with Gasteiger partial charge in [0.25, 0.3) is 0 Å². The predicted molar refractivity (Wildman–Crippen MR) is 84.7 cm³/mol. The number of thioether (sulfide) groups is 1. The topological polar surface area (TPSA) is 47.0 Å². The normalized spacial score (nSPS) is 12.3. The quantitative estimate of drug-likeness (QED) is 0.758. The molecule has 0 amide bonds.